The van der Waals surface area contributed by atoms with E-state index in [1.54, 1.807) is 7.05 Å². The first-order chi connectivity index (χ1) is 10.7. The Morgan fingerprint density at radius 2 is 1.70 bits per heavy atom. The van der Waals surface area contributed by atoms with Crippen molar-refractivity contribution in [1.29, 1.82) is 0 Å². The Hall–Kier alpha value is -2.25. The number of hydrogen-bond acceptors (Lipinski definition) is 2. The lowest BCUT2D eigenvalue weighted by Crippen LogP contribution is -2.46. The largest absolute Gasteiger partial charge is 0.465 e. The first-order valence-electron chi connectivity index (χ1n) is 7.12. The van der Waals surface area contributed by atoms with E-state index in [0.717, 1.165) is 24.3 Å². The van der Waals surface area contributed by atoms with Crippen molar-refractivity contribution in [3.8, 4) is 0 Å². The number of piperidine rings is 1. The smallest absolute Gasteiger partial charge is 0.416 e. The number of rotatable bonds is 2. The Morgan fingerprint density at radius 1 is 1.17 bits per heavy atom. The molecule has 1 aromatic rings. The molecular weight excluding hydrogens is 313 g/mol. The van der Waals surface area contributed by atoms with Gasteiger partial charge >= 0.3 is 12.3 Å². The molecule has 0 unspecified atom stereocenters. The van der Waals surface area contributed by atoms with E-state index < -0.39 is 17.8 Å². The van der Waals surface area contributed by atoms with Crippen molar-refractivity contribution in [1.82, 2.24) is 9.80 Å². The SMILES string of the molecule is CN(C(=O)c1ccc(C(F)(F)F)cc1)C1CCN(C(=O)O)CC1. The molecule has 0 aliphatic carbocycles. The van der Waals surface area contributed by atoms with Crippen molar-refractivity contribution in [3.63, 3.8) is 0 Å². The van der Waals surface area contributed by atoms with Gasteiger partial charge in [-0.2, -0.15) is 13.2 Å². The van der Waals surface area contributed by atoms with Crippen LogP contribution in [0.1, 0.15) is 28.8 Å². The van der Waals surface area contributed by atoms with E-state index in [2.05, 4.69) is 0 Å². The number of benzene rings is 1. The van der Waals surface area contributed by atoms with E-state index in [4.69, 9.17) is 5.11 Å². The van der Waals surface area contributed by atoms with E-state index in [-0.39, 0.29) is 17.5 Å². The Morgan fingerprint density at radius 3 is 2.13 bits per heavy atom. The minimum Gasteiger partial charge on any atom is -0.465 e. The predicted molar refractivity (Wildman–Crippen MR) is 76.2 cm³/mol. The maximum absolute atomic E-state index is 12.5. The molecule has 1 fully saturated rings. The second kappa shape index (κ2) is 6.47. The molecule has 126 valence electrons. The summed E-state index contributed by atoms with van der Waals surface area (Å²) < 4.78 is 37.6. The molecule has 5 nitrogen and oxygen atoms in total. The highest BCUT2D eigenvalue weighted by Crippen LogP contribution is 2.29. The number of halogens is 3. The molecule has 0 spiro atoms. The monoisotopic (exact) mass is 330 g/mol. The second-order valence-corrected chi connectivity index (χ2v) is 5.49. The summed E-state index contributed by atoms with van der Waals surface area (Å²) in [5.41, 5.74) is -0.618. The van der Waals surface area contributed by atoms with Crippen LogP contribution in [0, 0.1) is 0 Å². The number of hydrogen-bond donors (Lipinski definition) is 1. The summed E-state index contributed by atoms with van der Waals surface area (Å²) in [5.74, 6) is -0.368. The fourth-order valence-electron chi connectivity index (χ4n) is 2.62. The Bertz CT molecular complexity index is 579. The predicted octanol–water partition coefficient (Wildman–Crippen LogP) is 2.92. The summed E-state index contributed by atoms with van der Waals surface area (Å²) in [5, 5.41) is 8.90. The third kappa shape index (κ3) is 3.94. The van der Waals surface area contributed by atoms with Gasteiger partial charge in [-0.3, -0.25) is 4.79 Å². The van der Waals surface area contributed by atoms with Crippen molar-refractivity contribution in [2.45, 2.75) is 25.1 Å². The highest BCUT2D eigenvalue weighted by atomic mass is 19.4. The normalized spacial score (nSPS) is 16.3. The van der Waals surface area contributed by atoms with Gasteiger partial charge in [0.1, 0.15) is 0 Å². The molecule has 1 aliphatic rings. The Balaban J connectivity index is 2.01. The molecule has 0 aromatic heterocycles. The van der Waals surface area contributed by atoms with Crippen molar-refractivity contribution in [2.24, 2.45) is 0 Å². The van der Waals surface area contributed by atoms with Crippen molar-refractivity contribution >= 4 is 12.0 Å². The molecule has 1 heterocycles. The number of carbonyl (C=O) groups excluding carboxylic acids is 1. The summed E-state index contributed by atoms with van der Waals surface area (Å²) in [6.07, 6.45) is -4.40. The standard InChI is InChI=1S/C15H17F3N2O3/c1-19(12-6-8-20(9-7-12)14(22)23)13(21)10-2-4-11(5-3-10)15(16,17)18/h2-5,12H,6-9H2,1H3,(H,22,23). The molecule has 1 aliphatic heterocycles. The fourth-order valence-corrected chi connectivity index (χ4v) is 2.62. The molecule has 2 amide bonds. The van der Waals surface area contributed by atoms with Gasteiger partial charge in [0.25, 0.3) is 5.91 Å². The van der Waals surface area contributed by atoms with Crippen molar-refractivity contribution < 1.29 is 27.9 Å². The summed E-state index contributed by atoms with van der Waals surface area (Å²) in [6, 6.07) is 3.96. The van der Waals surface area contributed by atoms with Crippen LogP contribution >= 0.6 is 0 Å². The van der Waals surface area contributed by atoms with Gasteiger partial charge in [0.15, 0.2) is 0 Å². The number of alkyl halides is 3. The van der Waals surface area contributed by atoms with E-state index in [1.165, 1.54) is 9.80 Å². The van der Waals surface area contributed by atoms with Gasteiger partial charge in [-0.25, -0.2) is 4.79 Å². The first kappa shape index (κ1) is 17.1. The highest BCUT2D eigenvalue weighted by molar-refractivity contribution is 5.94. The van der Waals surface area contributed by atoms with Crippen LogP contribution in [0.4, 0.5) is 18.0 Å². The summed E-state index contributed by atoms with van der Waals surface area (Å²) >= 11 is 0. The molecule has 1 saturated heterocycles. The zero-order valence-corrected chi connectivity index (χ0v) is 12.5. The summed E-state index contributed by atoms with van der Waals surface area (Å²) in [6.45, 7) is 0.676. The van der Waals surface area contributed by atoms with Crippen LogP contribution in [0.3, 0.4) is 0 Å². The maximum Gasteiger partial charge on any atom is 0.416 e. The Kier molecular flexibility index (Phi) is 4.82. The molecule has 1 N–H and O–H groups in total. The Labute approximate surface area is 131 Å². The topological polar surface area (TPSA) is 60.9 Å². The fraction of sp³-hybridized carbons (Fsp3) is 0.467. The lowest BCUT2D eigenvalue weighted by Gasteiger charge is -2.35. The number of carbonyl (C=O) groups is 2. The minimum atomic E-state index is -4.43. The second-order valence-electron chi connectivity index (χ2n) is 5.49. The van der Waals surface area contributed by atoms with Crippen molar-refractivity contribution in [2.75, 3.05) is 20.1 Å². The molecule has 1 aromatic carbocycles. The molecule has 0 saturated carbocycles. The molecule has 0 bridgehead atoms. The molecule has 23 heavy (non-hydrogen) atoms. The molecule has 8 heteroatoms. The first-order valence-corrected chi connectivity index (χ1v) is 7.12. The average molecular weight is 330 g/mol. The molecule has 0 radical (unpaired) electrons. The van der Waals surface area contributed by atoms with Gasteiger partial charge in [0.05, 0.1) is 5.56 Å². The zero-order valence-electron chi connectivity index (χ0n) is 12.5. The minimum absolute atomic E-state index is 0.125. The quantitative estimate of drug-likeness (QED) is 0.907. The van der Waals surface area contributed by atoms with Crippen LogP contribution < -0.4 is 0 Å². The van der Waals surface area contributed by atoms with Gasteiger partial charge in [0, 0.05) is 31.7 Å². The summed E-state index contributed by atoms with van der Waals surface area (Å²) in [4.78, 5) is 25.9. The number of likely N-dealkylation sites (tertiary alicyclic amines) is 1. The van der Waals surface area contributed by atoms with Gasteiger partial charge in [0.2, 0.25) is 0 Å². The number of carboxylic acid groups (broad SMARTS) is 1. The van der Waals surface area contributed by atoms with E-state index in [1.807, 2.05) is 0 Å². The van der Waals surface area contributed by atoms with Gasteiger partial charge < -0.3 is 14.9 Å². The zero-order chi connectivity index (χ0) is 17.2. The highest BCUT2D eigenvalue weighted by Gasteiger charge is 2.31. The van der Waals surface area contributed by atoms with Crippen LogP contribution in [0.5, 0.6) is 0 Å². The maximum atomic E-state index is 12.5. The lowest BCUT2D eigenvalue weighted by atomic mass is 10.0. The van der Waals surface area contributed by atoms with E-state index >= 15 is 0 Å². The van der Waals surface area contributed by atoms with Crippen LogP contribution in [0.25, 0.3) is 0 Å². The molecule has 0 atom stereocenters. The average Bonchev–Trinajstić information content (AvgIpc) is 2.53. The number of amides is 2. The van der Waals surface area contributed by atoms with Crippen LogP contribution in [-0.2, 0) is 6.18 Å². The van der Waals surface area contributed by atoms with Crippen LogP contribution in [0.15, 0.2) is 24.3 Å². The van der Waals surface area contributed by atoms with Gasteiger partial charge in [-0.1, -0.05) is 0 Å². The lowest BCUT2D eigenvalue weighted by molar-refractivity contribution is -0.137. The van der Waals surface area contributed by atoms with E-state index in [0.29, 0.717) is 25.9 Å². The van der Waals surface area contributed by atoms with Gasteiger partial charge in [-0.05, 0) is 37.1 Å². The third-order valence-electron chi connectivity index (χ3n) is 4.06. The summed E-state index contributed by atoms with van der Waals surface area (Å²) in [7, 11) is 1.58. The van der Waals surface area contributed by atoms with Gasteiger partial charge in [-0.15, -0.1) is 0 Å². The molecule has 2 rings (SSSR count). The number of nitrogens with zero attached hydrogens (tertiary/aromatic N) is 2. The van der Waals surface area contributed by atoms with E-state index in [9.17, 15) is 22.8 Å². The molecular formula is C15H17F3N2O3. The van der Waals surface area contributed by atoms with Crippen LogP contribution in [-0.4, -0.2) is 53.1 Å². The van der Waals surface area contributed by atoms with Crippen molar-refractivity contribution in [3.05, 3.63) is 35.4 Å². The van der Waals surface area contributed by atoms with Crippen LogP contribution in [0.2, 0.25) is 0 Å². The third-order valence-corrected chi connectivity index (χ3v) is 4.06.